The molecule has 0 aliphatic rings. The first kappa shape index (κ1) is 62.8. The van der Waals surface area contributed by atoms with Gasteiger partial charge in [0.05, 0.1) is 60.9 Å². The fourth-order valence-electron chi connectivity index (χ4n) is 7.59. The van der Waals surface area contributed by atoms with E-state index in [1.165, 1.54) is 43.9 Å². The van der Waals surface area contributed by atoms with Crippen LogP contribution in [0.2, 0.25) is 0 Å². The Labute approximate surface area is 419 Å². The molecule has 0 N–H and O–H groups in total. The van der Waals surface area contributed by atoms with Gasteiger partial charge in [-0.25, -0.2) is 24.0 Å². The summed E-state index contributed by atoms with van der Waals surface area (Å²) < 4.78 is 27.2. The van der Waals surface area contributed by atoms with Crippen molar-refractivity contribution in [3.63, 3.8) is 0 Å². The van der Waals surface area contributed by atoms with Gasteiger partial charge in [-0.1, -0.05) is 191 Å². The van der Waals surface area contributed by atoms with E-state index in [4.69, 9.17) is 23.7 Å². The second kappa shape index (κ2) is 39.5. The molecule has 69 heavy (non-hydrogen) atoms. The lowest BCUT2D eigenvalue weighted by Crippen LogP contribution is -2.17. The Hall–Kier alpha value is -4.21. The van der Waals surface area contributed by atoms with Gasteiger partial charge in [-0.05, 0) is 92.0 Å². The van der Waals surface area contributed by atoms with Crippen molar-refractivity contribution >= 4 is 29.8 Å². The number of hydrogen-bond donors (Lipinski definition) is 0. The van der Waals surface area contributed by atoms with Crippen molar-refractivity contribution in [2.75, 3.05) is 33.0 Å². The summed E-state index contributed by atoms with van der Waals surface area (Å²) in [5.41, 5.74) is 0.977. The van der Waals surface area contributed by atoms with Gasteiger partial charge in [-0.2, -0.15) is 0 Å². The Balaban J connectivity index is 0.000000714. The van der Waals surface area contributed by atoms with Crippen LogP contribution in [0.5, 0.6) is 0 Å². The topological polar surface area (TPSA) is 132 Å². The van der Waals surface area contributed by atoms with Gasteiger partial charge >= 0.3 is 29.8 Å². The monoisotopic (exact) mass is 965 g/mol. The zero-order valence-corrected chi connectivity index (χ0v) is 45.1. The van der Waals surface area contributed by atoms with Crippen LogP contribution in [0.25, 0.3) is 0 Å². The highest BCUT2D eigenvalue weighted by Gasteiger charge is 2.23. The summed E-state index contributed by atoms with van der Waals surface area (Å²) in [6.45, 7) is 23.8. The highest BCUT2D eigenvalue weighted by molar-refractivity contribution is 6.05. The van der Waals surface area contributed by atoms with Gasteiger partial charge in [0.1, 0.15) is 0 Å². The smallest absolute Gasteiger partial charge is 0.339 e. The molecule has 0 fully saturated rings. The SMILES string of the molecule is CC(C)CCCCCCOC(=O)c1ccccc1C(=O)OCCCCCCC(C)C.CC(C)CCCCCOC(=O)c1ccc(C(=O)OCCCCCC(C)C)c(C(=O)OCCCCCC(C)C)c1. The summed E-state index contributed by atoms with van der Waals surface area (Å²) in [5.74, 6) is 0.862. The Morgan fingerprint density at radius 3 is 0.855 bits per heavy atom. The van der Waals surface area contributed by atoms with E-state index in [9.17, 15) is 24.0 Å². The fourth-order valence-corrected chi connectivity index (χ4v) is 7.59. The number of carbonyl (C=O) groups is 5. The average Bonchev–Trinajstić information content (AvgIpc) is 3.30. The quantitative estimate of drug-likeness (QED) is 0.0366. The van der Waals surface area contributed by atoms with E-state index < -0.39 is 29.8 Å². The zero-order valence-electron chi connectivity index (χ0n) is 45.1. The van der Waals surface area contributed by atoms with Crippen LogP contribution < -0.4 is 0 Å². The fraction of sp³-hybridized carbons (Fsp3) is 0.712. The summed E-state index contributed by atoms with van der Waals surface area (Å²) >= 11 is 0. The molecule has 0 saturated heterocycles. The maximum atomic E-state index is 13.0. The summed E-state index contributed by atoms with van der Waals surface area (Å²) in [4.78, 5) is 63.3. The molecule has 0 aromatic heterocycles. The Morgan fingerprint density at radius 2 is 0.551 bits per heavy atom. The second-order valence-electron chi connectivity index (χ2n) is 20.9. The Morgan fingerprint density at radius 1 is 0.304 bits per heavy atom. The number of unbranched alkanes of at least 4 members (excludes halogenated alkanes) is 12. The molecule has 0 spiro atoms. The van der Waals surface area contributed by atoms with Gasteiger partial charge in [0.2, 0.25) is 0 Å². The molecule has 0 bridgehead atoms. The summed E-state index contributed by atoms with van der Waals surface area (Å²) in [6, 6.07) is 11.1. The molecule has 392 valence electrons. The maximum absolute atomic E-state index is 13.0. The van der Waals surface area contributed by atoms with Gasteiger partial charge in [0.15, 0.2) is 0 Å². The van der Waals surface area contributed by atoms with Crippen molar-refractivity contribution < 1.29 is 47.7 Å². The van der Waals surface area contributed by atoms with E-state index in [1.54, 1.807) is 24.3 Å². The molecule has 0 heterocycles. The molecule has 0 unspecified atom stereocenters. The van der Waals surface area contributed by atoms with Gasteiger partial charge in [0, 0.05) is 0 Å². The Kier molecular flexibility index (Phi) is 36.0. The maximum Gasteiger partial charge on any atom is 0.339 e. The first-order chi connectivity index (χ1) is 33.0. The van der Waals surface area contributed by atoms with Crippen LogP contribution >= 0.6 is 0 Å². The van der Waals surface area contributed by atoms with Crippen molar-refractivity contribution in [3.8, 4) is 0 Å². The minimum absolute atomic E-state index is 0.0494. The minimum atomic E-state index is -0.619. The van der Waals surface area contributed by atoms with Gasteiger partial charge in [-0.15, -0.1) is 0 Å². The van der Waals surface area contributed by atoms with E-state index in [1.807, 2.05) is 0 Å². The molecule has 2 rings (SSSR count). The molecule has 2 aromatic rings. The van der Waals surface area contributed by atoms with E-state index in [0.29, 0.717) is 55.3 Å². The molecule has 0 amide bonds. The first-order valence-corrected chi connectivity index (χ1v) is 27.1. The van der Waals surface area contributed by atoms with E-state index in [0.717, 1.165) is 127 Å². The second-order valence-corrected chi connectivity index (χ2v) is 20.9. The third-order valence-electron chi connectivity index (χ3n) is 11.9. The van der Waals surface area contributed by atoms with E-state index in [2.05, 4.69) is 69.2 Å². The van der Waals surface area contributed by atoms with E-state index in [-0.39, 0.29) is 23.3 Å². The normalized spacial score (nSPS) is 11.2. The molecule has 0 saturated carbocycles. The standard InChI is InChI=1S/C33H54O6.C26H42O4/c1-25(2)16-10-7-13-21-37-31(34)28-19-20-29(32(35)38-22-14-8-11-17-26(3)4)30(24-28)33(36)39-23-15-9-12-18-27(5)6;1-21(2)15-9-5-7-13-19-29-25(27)23-17-11-12-18-24(23)26(28)30-20-14-8-6-10-16-22(3)4/h19-20,24-27H,7-18,21-23H2,1-6H3;11-12,17-18,21-22H,5-10,13-16,19-20H2,1-4H3. The average molecular weight is 965 g/mol. The molecular weight excluding hydrogens is 869 g/mol. The molecule has 0 atom stereocenters. The number of esters is 5. The number of carbonyl (C=O) groups excluding carboxylic acids is 5. The predicted octanol–water partition coefficient (Wildman–Crippen LogP) is 16.0. The molecule has 10 nitrogen and oxygen atoms in total. The summed E-state index contributed by atoms with van der Waals surface area (Å²) in [7, 11) is 0. The molecule has 2 aromatic carbocycles. The van der Waals surface area contributed by atoms with Crippen LogP contribution in [0.15, 0.2) is 42.5 Å². The van der Waals surface area contributed by atoms with Crippen molar-refractivity contribution in [2.24, 2.45) is 29.6 Å². The lowest BCUT2D eigenvalue weighted by Gasteiger charge is -2.12. The summed E-state index contributed by atoms with van der Waals surface area (Å²) in [6.07, 6.45) is 23.1. The van der Waals surface area contributed by atoms with Crippen molar-refractivity contribution in [1.82, 2.24) is 0 Å². The van der Waals surface area contributed by atoms with Crippen LogP contribution in [0, 0.1) is 29.6 Å². The molecular formula is C59H96O10. The highest BCUT2D eigenvalue weighted by Crippen LogP contribution is 2.20. The third kappa shape index (κ3) is 32.3. The van der Waals surface area contributed by atoms with E-state index >= 15 is 0 Å². The summed E-state index contributed by atoms with van der Waals surface area (Å²) in [5, 5.41) is 0. The van der Waals surface area contributed by atoms with Gasteiger partial charge in [-0.3, -0.25) is 0 Å². The highest BCUT2D eigenvalue weighted by atomic mass is 16.5. The largest absolute Gasteiger partial charge is 0.462 e. The molecule has 10 heteroatoms. The number of hydrogen-bond acceptors (Lipinski definition) is 10. The number of rotatable bonds is 37. The van der Waals surface area contributed by atoms with Gasteiger partial charge in [0.25, 0.3) is 0 Å². The Bertz CT molecular complexity index is 1640. The predicted molar refractivity (Wildman–Crippen MR) is 280 cm³/mol. The van der Waals surface area contributed by atoms with Crippen LogP contribution in [0.1, 0.15) is 262 Å². The van der Waals surface area contributed by atoms with Crippen molar-refractivity contribution in [1.29, 1.82) is 0 Å². The molecule has 0 radical (unpaired) electrons. The van der Waals surface area contributed by atoms with Crippen LogP contribution in [0.4, 0.5) is 0 Å². The van der Waals surface area contributed by atoms with Crippen molar-refractivity contribution in [3.05, 3.63) is 70.3 Å². The van der Waals surface area contributed by atoms with Crippen LogP contribution in [0.3, 0.4) is 0 Å². The first-order valence-electron chi connectivity index (χ1n) is 27.1. The zero-order chi connectivity index (χ0) is 51.2. The number of benzene rings is 2. The van der Waals surface area contributed by atoms with Gasteiger partial charge < -0.3 is 23.7 Å². The third-order valence-corrected chi connectivity index (χ3v) is 11.9. The molecule has 0 aliphatic carbocycles. The number of ether oxygens (including phenoxy) is 5. The van der Waals surface area contributed by atoms with Crippen LogP contribution in [-0.2, 0) is 23.7 Å². The van der Waals surface area contributed by atoms with Crippen LogP contribution in [-0.4, -0.2) is 62.9 Å². The molecule has 0 aliphatic heterocycles. The van der Waals surface area contributed by atoms with Crippen molar-refractivity contribution in [2.45, 2.75) is 210 Å². The lowest BCUT2D eigenvalue weighted by molar-refractivity contribution is 0.0447. The lowest BCUT2D eigenvalue weighted by atomic mass is 10.0. The minimum Gasteiger partial charge on any atom is -0.462 e.